The van der Waals surface area contributed by atoms with E-state index < -0.39 is 41.5 Å². The van der Waals surface area contributed by atoms with Crippen molar-refractivity contribution in [3.63, 3.8) is 0 Å². The highest BCUT2D eigenvalue weighted by atomic mass is 19.4. The minimum Gasteiger partial charge on any atom is -0.341 e. The van der Waals surface area contributed by atoms with E-state index in [0.29, 0.717) is 18.5 Å². The molecule has 31 heavy (non-hydrogen) atoms. The third-order valence-corrected chi connectivity index (χ3v) is 6.35. The van der Waals surface area contributed by atoms with Gasteiger partial charge in [0.25, 0.3) is 5.72 Å². The van der Waals surface area contributed by atoms with Gasteiger partial charge in [-0.05, 0) is 26.7 Å². The van der Waals surface area contributed by atoms with Gasteiger partial charge in [-0.3, -0.25) is 4.57 Å². The van der Waals surface area contributed by atoms with Gasteiger partial charge in [-0.15, -0.1) is 6.42 Å². The number of nitrogens with zero attached hydrogens (tertiary/aromatic N) is 4. The zero-order valence-corrected chi connectivity index (χ0v) is 17.0. The number of terminal acetylenes is 1. The molecule has 2 aliphatic heterocycles. The summed E-state index contributed by atoms with van der Waals surface area (Å²) in [5, 5.41) is 0. The minimum atomic E-state index is -4.92. The smallest absolute Gasteiger partial charge is 0.341 e. The van der Waals surface area contributed by atoms with E-state index in [9.17, 15) is 13.2 Å². The number of hydrogen-bond acceptors (Lipinski definition) is 7. The SMILES string of the molecule is C#C[C@H]1O[C@@](n2cnc3c(C4(N)CCCC4)ncnc32)(C(F)(F)F)[C@@H]2OC(C)(C)O[C@@H]21. The van der Waals surface area contributed by atoms with Gasteiger partial charge < -0.3 is 19.9 Å². The standard InChI is InChI=1S/C20H22F3N5O3/c1-4-11-13-15(31-17(2,3)30-13)19(29-11,20(21,22)23)28-10-27-12-14(25-9-26-16(12)28)18(24)7-5-6-8-18/h1,9-11,13,15H,5-8,24H2,2-3H3/t11-,13-,15-,19-/m1/s1. The predicted molar refractivity (Wildman–Crippen MR) is 101 cm³/mol. The van der Waals surface area contributed by atoms with E-state index in [1.807, 2.05) is 0 Å². The first-order chi connectivity index (χ1) is 14.5. The van der Waals surface area contributed by atoms with Crippen LogP contribution in [0.3, 0.4) is 0 Å². The molecule has 2 aromatic rings. The van der Waals surface area contributed by atoms with Gasteiger partial charge in [-0.1, -0.05) is 18.8 Å². The van der Waals surface area contributed by atoms with Crippen LogP contribution in [-0.2, 0) is 25.5 Å². The number of nitrogens with two attached hydrogens (primary N) is 1. The summed E-state index contributed by atoms with van der Waals surface area (Å²) in [4.78, 5) is 12.6. The average molecular weight is 437 g/mol. The first-order valence-electron chi connectivity index (χ1n) is 10.1. The molecule has 1 saturated carbocycles. The number of halogens is 3. The Morgan fingerprint density at radius 2 is 1.87 bits per heavy atom. The minimum absolute atomic E-state index is 0.0521. The highest BCUT2D eigenvalue weighted by molar-refractivity contribution is 5.75. The van der Waals surface area contributed by atoms with Gasteiger partial charge in [-0.2, -0.15) is 13.2 Å². The second kappa shape index (κ2) is 6.38. The molecule has 11 heteroatoms. The first kappa shape index (κ1) is 20.6. The number of rotatable bonds is 2. The summed E-state index contributed by atoms with van der Waals surface area (Å²) in [6.45, 7) is 3.06. The molecule has 8 nitrogen and oxygen atoms in total. The monoisotopic (exact) mass is 437 g/mol. The summed E-state index contributed by atoms with van der Waals surface area (Å²) >= 11 is 0. The van der Waals surface area contributed by atoms with Crippen molar-refractivity contribution in [2.45, 2.75) is 81.1 Å². The topological polar surface area (TPSA) is 97.3 Å². The Morgan fingerprint density at radius 1 is 1.16 bits per heavy atom. The summed E-state index contributed by atoms with van der Waals surface area (Å²) in [6, 6.07) is 0. The first-order valence-corrected chi connectivity index (χ1v) is 10.1. The van der Waals surface area contributed by atoms with E-state index >= 15 is 0 Å². The van der Waals surface area contributed by atoms with Crippen LogP contribution in [0.1, 0.15) is 45.2 Å². The summed E-state index contributed by atoms with van der Waals surface area (Å²) in [5.74, 6) is 0.987. The predicted octanol–water partition coefficient (Wildman–Crippen LogP) is 2.32. The van der Waals surface area contributed by atoms with Crippen molar-refractivity contribution in [1.29, 1.82) is 0 Å². The second-order valence-electron chi connectivity index (χ2n) is 8.79. The lowest BCUT2D eigenvalue weighted by Gasteiger charge is -2.36. The maximum absolute atomic E-state index is 14.7. The van der Waals surface area contributed by atoms with Gasteiger partial charge in [0, 0.05) is 0 Å². The number of hydrogen-bond donors (Lipinski definition) is 1. The lowest BCUT2D eigenvalue weighted by Crippen LogP contribution is -2.56. The van der Waals surface area contributed by atoms with Crippen molar-refractivity contribution in [3.05, 3.63) is 18.3 Å². The molecule has 0 spiro atoms. The van der Waals surface area contributed by atoms with E-state index in [0.717, 1.165) is 23.7 Å². The molecule has 4 atom stereocenters. The molecular weight excluding hydrogens is 415 g/mol. The Balaban J connectivity index is 1.73. The Bertz CT molecular complexity index is 1070. The van der Waals surface area contributed by atoms with Crippen molar-refractivity contribution >= 4 is 11.2 Å². The largest absolute Gasteiger partial charge is 0.440 e. The average Bonchev–Trinajstić information content (AvgIpc) is 3.43. The molecule has 3 fully saturated rings. The number of aromatic nitrogens is 4. The molecule has 1 aliphatic carbocycles. The summed E-state index contributed by atoms with van der Waals surface area (Å²) < 4.78 is 61.9. The van der Waals surface area contributed by atoms with Crippen LogP contribution in [0.2, 0.25) is 0 Å². The van der Waals surface area contributed by atoms with Crippen LogP contribution in [0.5, 0.6) is 0 Å². The number of ether oxygens (including phenoxy) is 3. The zero-order chi connectivity index (χ0) is 22.2. The van der Waals surface area contributed by atoms with Gasteiger partial charge in [0.05, 0.1) is 17.6 Å². The molecule has 2 saturated heterocycles. The van der Waals surface area contributed by atoms with Crippen molar-refractivity contribution < 1.29 is 27.4 Å². The Morgan fingerprint density at radius 3 is 2.52 bits per heavy atom. The molecule has 3 aliphatic rings. The quantitative estimate of drug-likeness (QED) is 0.720. The van der Waals surface area contributed by atoms with Gasteiger partial charge in [0.1, 0.15) is 30.2 Å². The van der Waals surface area contributed by atoms with Crippen LogP contribution in [0.25, 0.3) is 11.2 Å². The number of fused-ring (bicyclic) bond motifs is 2. The molecule has 166 valence electrons. The van der Waals surface area contributed by atoms with Crippen molar-refractivity contribution in [1.82, 2.24) is 19.5 Å². The van der Waals surface area contributed by atoms with E-state index in [-0.39, 0.29) is 11.2 Å². The van der Waals surface area contributed by atoms with Gasteiger partial charge in [0.15, 0.2) is 11.4 Å². The Labute approximate surface area is 176 Å². The van der Waals surface area contributed by atoms with Gasteiger partial charge in [-0.25, -0.2) is 15.0 Å². The molecular formula is C20H22F3N5O3. The fraction of sp³-hybridized carbons (Fsp3) is 0.650. The second-order valence-corrected chi connectivity index (χ2v) is 8.79. The normalized spacial score (nSPS) is 34.2. The maximum atomic E-state index is 14.7. The van der Waals surface area contributed by atoms with Crippen LogP contribution in [-0.4, -0.2) is 49.8 Å². The van der Waals surface area contributed by atoms with Crippen LogP contribution in [0.15, 0.2) is 12.7 Å². The lowest BCUT2D eigenvalue weighted by atomic mass is 9.93. The molecule has 0 aromatic carbocycles. The molecule has 2 aromatic heterocycles. The van der Waals surface area contributed by atoms with E-state index in [1.165, 1.54) is 20.2 Å². The molecule has 0 amide bonds. The van der Waals surface area contributed by atoms with Crippen LogP contribution in [0.4, 0.5) is 13.2 Å². The number of alkyl halides is 3. The highest BCUT2D eigenvalue weighted by Crippen LogP contribution is 2.54. The van der Waals surface area contributed by atoms with E-state index in [4.69, 9.17) is 26.4 Å². The molecule has 5 rings (SSSR count). The summed E-state index contributed by atoms with van der Waals surface area (Å²) in [7, 11) is 0. The zero-order valence-electron chi connectivity index (χ0n) is 17.0. The van der Waals surface area contributed by atoms with Crippen molar-refractivity contribution in [3.8, 4) is 12.3 Å². The third-order valence-electron chi connectivity index (χ3n) is 6.35. The van der Waals surface area contributed by atoms with Crippen LogP contribution < -0.4 is 5.73 Å². The van der Waals surface area contributed by atoms with Crippen molar-refractivity contribution in [2.24, 2.45) is 5.73 Å². The Hall–Kier alpha value is -2.26. The molecule has 0 bridgehead atoms. The fourth-order valence-corrected chi connectivity index (χ4v) is 5.01. The van der Waals surface area contributed by atoms with Crippen LogP contribution in [0, 0.1) is 12.3 Å². The maximum Gasteiger partial charge on any atom is 0.440 e. The fourth-order valence-electron chi connectivity index (χ4n) is 5.01. The molecule has 4 heterocycles. The van der Waals surface area contributed by atoms with Gasteiger partial charge >= 0.3 is 6.18 Å². The third kappa shape index (κ3) is 2.75. The molecule has 0 unspecified atom stereocenters. The van der Waals surface area contributed by atoms with Crippen LogP contribution >= 0.6 is 0 Å². The Kier molecular flexibility index (Phi) is 4.25. The van der Waals surface area contributed by atoms with Gasteiger partial charge in [0.2, 0.25) is 0 Å². The summed E-state index contributed by atoms with van der Waals surface area (Å²) in [5.41, 5.74) is 3.38. The highest BCUT2D eigenvalue weighted by Gasteiger charge is 2.75. The van der Waals surface area contributed by atoms with Crippen molar-refractivity contribution in [2.75, 3.05) is 0 Å². The molecule has 0 radical (unpaired) electrons. The number of imidazole rings is 1. The van der Waals surface area contributed by atoms with E-state index in [1.54, 1.807) is 0 Å². The van der Waals surface area contributed by atoms with E-state index in [2.05, 4.69) is 20.9 Å². The molecule has 2 N–H and O–H groups in total. The lowest BCUT2D eigenvalue weighted by molar-refractivity contribution is -0.341. The summed E-state index contributed by atoms with van der Waals surface area (Å²) in [6.07, 6.45) is 2.02.